The first-order valence-corrected chi connectivity index (χ1v) is 6.46. The van der Waals surface area contributed by atoms with Crippen LogP contribution in [-0.2, 0) is 9.59 Å². The maximum atomic E-state index is 11.8. The summed E-state index contributed by atoms with van der Waals surface area (Å²) >= 11 is 0. The number of hydrogen-bond donors (Lipinski definition) is 3. The van der Waals surface area contributed by atoms with Crippen LogP contribution in [0.15, 0.2) is 24.5 Å². The summed E-state index contributed by atoms with van der Waals surface area (Å²) in [7, 11) is 0. The van der Waals surface area contributed by atoms with Crippen LogP contribution in [-0.4, -0.2) is 35.9 Å². The fourth-order valence-electron chi connectivity index (χ4n) is 2.01. The van der Waals surface area contributed by atoms with Crippen LogP contribution in [0, 0.1) is 0 Å². The summed E-state index contributed by atoms with van der Waals surface area (Å²) < 4.78 is 0. The molecule has 2 heterocycles. The fraction of sp³-hybridized carbons (Fsp3) is 0.462. The fourth-order valence-corrected chi connectivity index (χ4v) is 2.01. The molecule has 0 radical (unpaired) electrons. The highest BCUT2D eigenvalue weighted by Gasteiger charge is 2.20. The van der Waals surface area contributed by atoms with Gasteiger partial charge in [0.15, 0.2) is 0 Å². The lowest BCUT2D eigenvalue weighted by Gasteiger charge is -2.22. The number of hydrogen-bond acceptors (Lipinski definition) is 4. The van der Waals surface area contributed by atoms with Gasteiger partial charge in [-0.1, -0.05) is 6.42 Å². The molecule has 6 nitrogen and oxygen atoms in total. The van der Waals surface area contributed by atoms with Crippen LogP contribution in [0.1, 0.15) is 19.3 Å². The number of rotatable bonds is 4. The van der Waals surface area contributed by atoms with Crippen molar-refractivity contribution in [2.45, 2.75) is 25.3 Å². The number of aromatic nitrogens is 1. The van der Waals surface area contributed by atoms with E-state index in [4.69, 9.17) is 0 Å². The zero-order chi connectivity index (χ0) is 13.5. The molecule has 3 N–H and O–H groups in total. The maximum Gasteiger partial charge on any atom is 0.243 e. The Morgan fingerprint density at radius 2 is 2.14 bits per heavy atom. The van der Waals surface area contributed by atoms with Crippen molar-refractivity contribution < 1.29 is 9.59 Å². The number of carbonyl (C=O) groups excluding carboxylic acids is 2. The van der Waals surface area contributed by atoms with Crippen molar-refractivity contribution in [1.82, 2.24) is 15.6 Å². The lowest BCUT2D eigenvalue weighted by Crippen LogP contribution is -2.48. The van der Waals surface area contributed by atoms with Gasteiger partial charge in [0.05, 0.1) is 24.5 Å². The van der Waals surface area contributed by atoms with Crippen molar-refractivity contribution in [2.24, 2.45) is 0 Å². The SMILES string of the molecule is Cl.Cl.O=C(CNC(=O)[C@H]1CCCCN1)Nc1cccnc1. The largest absolute Gasteiger partial charge is 0.346 e. The Bertz CT molecular complexity index is 439. The molecule has 1 aliphatic heterocycles. The summed E-state index contributed by atoms with van der Waals surface area (Å²) in [6.45, 7) is 0.839. The number of nitrogens with zero attached hydrogens (tertiary/aromatic N) is 1. The molecule has 8 heteroatoms. The third-order valence-corrected chi connectivity index (χ3v) is 3.00. The smallest absolute Gasteiger partial charge is 0.243 e. The van der Waals surface area contributed by atoms with Gasteiger partial charge in [0.25, 0.3) is 0 Å². The van der Waals surface area contributed by atoms with E-state index >= 15 is 0 Å². The summed E-state index contributed by atoms with van der Waals surface area (Å²) in [5.41, 5.74) is 0.623. The molecule has 2 amide bonds. The van der Waals surface area contributed by atoms with Crippen LogP contribution in [0.3, 0.4) is 0 Å². The lowest BCUT2D eigenvalue weighted by molar-refractivity contribution is -0.126. The third-order valence-electron chi connectivity index (χ3n) is 3.00. The quantitative estimate of drug-likeness (QED) is 0.770. The number of pyridine rings is 1. The van der Waals surface area contributed by atoms with Crippen LogP contribution >= 0.6 is 24.8 Å². The van der Waals surface area contributed by atoms with Crippen LogP contribution in [0.25, 0.3) is 0 Å². The molecule has 1 atom stereocenters. The third kappa shape index (κ3) is 6.75. The molecule has 1 aromatic rings. The Labute approximate surface area is 136 Å². The van der Waals surface area contributed by atoms with Crippen molar-refractivity contribution >= 4 is 42.3 Å². The van der Waals surface area contributed by atoms with Crippen LogP contribution in [0.2, 0.25) is 0 Å². The van der Waals surface area contributed by atoms with E-state index in [0.717, 1.165) is 25.8 Å². The molecule has 118 valence electrons. The summed E-state index contributed by atoms with van der Waals surface area (Å²) in [6.07, 6.45) is 6.17. The van der Waals surface area contributed by atoms with Gasteiger partial charge in [-0.05, 0) is 31.5 Å². The van der Waals surface area contributed by atoms with Crippen LogP contribution < -0.4 is 16.0 Å². The predicted molar refractivity (Wildman–Crippen MR) is 86.0 cm³/mol. The number of anilines is 1. The summed E-state index contributed by atoms with van der Waals surface area (Å²) in [6, 6.07) is 3.31. The van der Waals surface area contributed by atoms with Crippen molar-refractivity contribution in [3.8, 4) is 0 Å². The molecular formula is C13H20Cl2N4O2. The summed E-state index contributed by atoms with van der Waals surface area (Å²) in [5, 5.41) is 8.44. The van der Waals surface area contributed by atoms with Gasteiger partial charge in [-0.2, -0.15) is 0 Å². The van der Waals surface area contributed by atoms with E-state index in [1.54, 1.807) is 24.5 Å². The van der Waals surface area contributed by atoms with Crippen molar-refractivity contribution in [3.63, 3.8) is 0 Å². The number of halogens is 2. The zero-order valence-electron chi connectivity index (χ0n) is 11.5. The predicted octanol–water partition coefficient (Wildman–Crippen LogP) is 1.12. The number of nitrogens with one attached hydrogen (secondary N) is 3. The Morgan fingerprint density at radius 1 is 1.33 bits per heavy atom. The molecule has 1 saturated heterocycles. The van der Waals surface area contributed by atoms with Gasteiger partial charge < -0.3 is 16.0 Å². The number of amides is 2. The van der Waals surface area contributed by atoms with Gasteiger partial charge in [0, 0.05) is 6.20 Å². The highest BCUT2D eigenvalue weighted by Crippen LogP contribution is 2.06. The van der Waals surface area contributed by atoms with Gasteiger partial charge in [-0.15, -0.1) is 24.8 Å². The summed E-state index contributed by atoms with van der Waals surface area (Å²) in [4.78, 5) is 27.3. The molecule has 1 aromatic heterocycles. The minimum atomic E-state index is -0.253. The van der Waals surface area contributed by atoms with E-state index in [-0.39, 0.29) is 49.2 Å². The summed E-state index contributed by atoms with van der Waals surface area (Å²) in [5.74, 6) is -0.363. The second-order valence-corrected chi connectivity index (χ2v) is 4.51. The molecule has 21 heavy (non-hydrogen) atoms. The highest BCUT2D eigenvalue weighted by atomic mass is 35.5. The van der Waals surface area contributed by atoms with E-state index in [1.165, 1.54) is 0 Å². The van der Waals surface area contributed by atoms with Crippen LogP contribution in [0.4, 0.5) is 5.69 Å². The van der Waals surface area contributed by atoms with Gasteiger partial charge >= 0.3 is 0 Å². The first kappa shape index (κ1) is 19.6. The Kier molecular flexibility index (Phi) is 9.69. The molecule has 0 aliphatic carbocycles. The lowest BCUT2D eigenvalue weighted by atomic mass is 10.0. The van der Waals surface area contributed by atoms with E-state index in [1.807, 2.05) is 0 Å². The van der Waals surface area contributed by atoms with Gasteiger partial charge in [-0.25, -0.2) is 0 Å². The number of carbonyl (C=O) groups is 2. The minimum Gasteiger partial charge on any atom is -0.346 e. The van der Waals surface area contributed by atoms with Gasteiger partial charge in [0.2, 0.25) is 11.8 Å². The topological polar surface area (TPSA) is 83.1 Å². The molecule has 1 fully saturated rings. The molecule has 0 spiro atoms. The second-order valence-electron chi connectivity index (χ2n) is 4.51. The Balaban J connectivity index is 0.00000200. The van der Waals surface area contributed by atoms with Gasteiger partial charge in [0.1, 0.15) is 0 Å². The monoisotopic (exact) mass is 334 g/mol. The molecule has 1 aliphatic rings. The molecule has 2 rings (SSSR count). The van der Waals surface area contributed by atoms with Crippen molar-refractivity contribution in [3.05, 3.63) is 24.5 Å². The first-order valence-electron chi connectivity index (χ1n) is 6.46. The van der Waals surface area contributed by atoms with Crippen molar-refractivity contribution in [1.29, 1.82) is 0 Å². The molecular weight excluding hydrogens is 315 g/mol. The number of piperidine rings is 1. The maximum absolute atomic E-state index is 11.8. The van der Waals surface area contributed by atoms with E-state index in [9.17, 15) is 9.59 Å². The first-order chi connectivity index (χ1) is 9.25. The standard InChI is InChI=1S/C13H18N4O2.2ClH/c18-12(17-10-4-3-6-14-8-10)9-16-13(19)11-5-1-2-7-15-11;;/h3-4,6,8,11,15H,1-2,5,7,9H2,(H,16,19)(H,17,18);2*1H/t11-;;/m1../s1. The zero-order valence-corrected chi connectivity index (χ0v) is 13.1. The molecule has 0 bridgehead atoms. The van der Waals surface area contributed by atoms with E-state index in [2.05, 4.69) is 20.9 Å². The van der Waals surface area contributed by atoms with E-state index < -0.39 is 0 Å². The van der Waals surface area contributed by atoms with E-state index in [0.29, 0.717) is 5.69 Å². The second kappa shape index (κ2) is 10.4. The Hall–Kier alpha value is -1.37. The van der Waals surface area contributed by atoms with Gasteiger partial charge in [-0.3, -0.25) is 14.6 Å². The normalized spacial score (nSPS) is 16.9. The Morgan fingerprint density at radius 3 is 2.76 bits per heavy atom. The molecule has 0 aromatic carbocycles. The highest BCUT2D eigenvalue weighted by molar-refractivity contribution is 5.95. The average Bonchev–Trinajstić information content (AvgIpc) is 2.47. The molecule has 0 saturated carbocycles. The van der Waals surface area contributed by atoms with Crippen molar-refractivity contribution in [2.75, 3.05) is 18.4 Å². The average molecular weight is 335 g/mol. The van der Waals surface area contributed by atoms with Crippen LogP contribution in [0.5, 0.6) is 0 Å². The minimum absolute atomic E-state index is 0. The molecule has 0 unspecified atom stereocenters.